The lowest BCUT2D eigenvalue weighted by molar-refractivity contribution is 0.515. The van der Waals surface area contributed by atoms with E-state index in [0.29, 0.717) is 0 Å². The first-order valence-electron chi connectivity index (χ1n) is 6.50. The average molecular weight is 239 g/mol. The molecule has 1 atom stereocenters. The molecular formula is C17H21N. The van der Waals surface area contributed by atoms with Gasteiger partial charge < -0.3 is 5.73 Å². The van der Waals surface area contributed by atoms with Crippen LogP contribution in [-0.4, -0.2) is 0 Å². The van der Waals surface area contributed by atoms with E-state index in [-0.39, 0.29) is 0 Å². The molecule has 2 N–H and O–H groups in total. The van der Waals surface area contributed by atoms with Crippen LogP contribution in [0.4, 0.5) is 0 Å². The molecule has 0 aliphatic carbocycles. The molecule has 0 amide bonds. The fourth-order valence-corrected chi connectivity index (χ4v) is 2.50. The largest absolute Gasteiger partial charge is 0.318 e. The van der Waals surface area contributed by atoms with E-state index in [1.807, 2.05) is 6.07 Å². The number of benzene rings is 2. The molecule has 1 heteroatoms. The van der Waals surface area contributed by atoms with Crippen molar-refractivity contribution in [1.82, 2.24) is 0 Å². The van der Waals surface area contributed by atoms with Gasteiger partial charge in [-0.05, 0) is 37.0 Å². The Morgan fingerprint density at radius 2 is 1.67 bits per heavy atom. The summed E-state index contributed by atoms with van der Waals surface area (Å²) in [6, 6.07) is 16.9. The highest BCUT2D eigenvalue weighted by atomic mass is 14.7. The highest BCUT2D eigenvalue weighted by Crippen LogP contribution is 2.32. The van der Waals surface area contributed by atoms with Crippen LogP contribution < -0.4 is 5.73 Å². The van der Waals surface area contributed by atoms with Crippen molar-refractivity contribution in [2.24, 2.45) is 5.73 Å². The van der Waals surface area contributed by atoms with Gasteiger partial charge in [-0.2, -0.15) is 0 Å². The van der Waals surface area contributed by atoms with E-state index >= 15 is 0 Å². The van der Waals surface area contributed by atoms with E-state index in [9.17, 15) is 0 Å². The molecule has 0 aliphatic heterocycles. The van der Waals surface area contributed by atoms with Crippen molar-refractivity contribution < 1.29 is 0 Å². The van der Waals surface area contributed by atoms with Crippen LogP contribution >= 0.6 is 0 Å². The van der Waals surface area contributed by atoms with Gasteiger partial charge in [-0.25, -0.2) is 0 Å². The second-order valence-corrected chi connectivity index (χ2v) is 5.01. The molecule has 0 fully saturated rings. The molecule has 0 bridgehead atoms. The lowest BCUT2D eigenvalue weighted by atomic mass is 9.79. The molecular weight excluding hydrogens is 218 g/mol. The van der Waals surface area contributed by atoms with Crippen LogP contribution in [0.5, 0.6) is 0 Å². The van der Waals surface area contributed by atoms with Crippen LogP contribution in [0.15, 0.2) is 48.5 Å². The van der Waals surface area contributed by atoms with Gasteiger partial charge in [0.2, 0.25) is 0 Å². The zero-order chi connectivity index (χ0) is 13.2. The van der Waals surface area contributed by atoms with E-state index in [1.54, 1.807) is 0 Å². The molecule has 0 aromatic heterocycles. The normalized spacial score (nSPS) is 14.2. The van der Waals surface area contributed by atoms with Crippen molar-refractivity contribution in [1.29, 1.82) is 0 Å². The van der Waals surface area contributed by atoms with Crippen LogP contribution in [0.3, 0.4) is 0 Å². The van der Waals surface area contributed by atoms with E-state index < -0.39 is 5.54 Å². The number of aryl methyl sites for hydroxylation is 2. The van der Waals surface area contributed by atoms with Gasteiger partial charge in [-0.3, -0.25) is 0 Å². The van der Waals surface area contributed by atoms with Gasteiger partial charge in [-0.15, -0.1) is 0 Å². The predicted molar refractivity (Wildman–Crippen MR) is 77.6 cm³/mol. The Kier molecular flexibility index (Phi) is 3.53. The first-order chi connectivity index (χ1) is 8.58. The predicted octanol–water partition coefficient (Wildman–Crippen LogP) is 3.92. The van der Waals surface area contributed by atoms with Gasteiger partial charge in [0.25, 0.3) is 0 Å². The van der Waals surface area contributed by atoms with Crippen molar-refractivity contribution >= 4 is 0 Å². The summed E-state index contributed by atoms with van der Waals surface area (Å²) in [5, 5.41) is 0. The highest BCUT2D eigenvalue weighted by molar-refractivity contribution is 5.43. The molecule has 1 nitrogen and oxygen atoms in total. The smallest absolute Gasteiger partial charge is 0.0665 e. The van der Waals surface area contributed by atoms with Gasteiger partial charge in [0, 0.05) is 0 Å². The monoisotopic (exact) mass is 239 g/mol. The SMILES string of the molecule is CCC(N)(c1ccccc1)c1cc(C)ccc1C. The molecule has 18 heavy (non-hydrogen) atoms. The molecule has 2 aromatic carbocycles. The topological polar surface area (TPSA) is 26.0 Å². The Morgan fingerprint density at radius 1 is 1.00 bits per heavy atom. The summed E-state index contributed by atoms with van der Waals surface area (Å²) >= 11 is 0. The molecule has 1 unspecified atom stereocenters. The van der Waals surface area contributed by atoms with Crippen LogP contribution in [0.1, 0.15) is 35.6 Å². The maximum absolute atomic E-state index is 6.71. The van der Waals surface area contributed by atoms with Crippen molar-refractivity contribution in [2.45, 2.75) is 32.7 Å². The fourth-order valence-electron chi connectivity index (χ4n) is 2.50. The van der Waals surface area contributed by atoms with Gasteiger partial charge >= 0.3 is 0 Å². The summed E-state index contributed by atoms with van der Waals surface area (Å²) in [5.74, 6) is 0. The molecule has 0 radical (unpaired) electrons. The minimum atomic E-state index is -0.392. The lowest BCUT2D eigenvalue weighted by Crippen LogP contribution is -2.38. The highest BCUT2D eigenvalue weighted by Gasteiger charge is 2.28. The fraction of sp³-hybridized carbons (Fsp3) is 0.294. The van der Waals surface area contributed by atoms with Gasteiger partial charge in [0.15, 0.2) is 0 Å². The third-order valence-electron chi connectivity index (χ3n) is 3.72. The minimum absolute atomic E-state index is 0.392. The summed E-state index contributed by atoms with van der Waals surface area (Å²) in [5.41, 5.74) is 11.2. The second-order valence-electron chi connectivity index (χ2n) is 5.01. The Balaban J connectivity index is 2.60. The van der Waals surface area contributed by atoms with Crippen molar-refractivity contribution in [3.63, 3.8) is 0 Å². The van der Waals surface area contributed by atoms with E-state index in [0.717, 1.165) is 6.42 Å². The third kappa shape index (κ3) is 2.19. The van der Waals surface area contributed by atoms with Crippen molar-refractivity contribution in [3.05, 3.63) is 70.8 Å². The summed E-state index contributed by atoms with van der Waals surface area (Å²) in [6.45, 7) is 6.40. The maximum Gasteiger partial charge on any atom is 0.0665 e. The second kappa shape index (κ2) is 4.95. The third-order valence-corrected chi connectivity index (χ3v) is 3.72. The number of hydrogen-bond acceptors (Lipinski definition) is 1. The zero-order valence-corrected chi connectivity index (χ0v) is 11.4. The van der Waals surface area contributed by atoms with E-state index in [1.165, 1.54) is 22.3 Å². The first kappa shape index (κ1) is 12.8. The Bertz CT molecular complexity index is 531. The molecule has 2 rings (SSSR count). The van der Waals surface area contributed by atoms with E-state index in [2.05, 4.69) is 63.2 Å². The van der Waals surface area contributed by atoms with Crippen molar-refractivity contribution in [3.8, 4) is 0 Å². The number of rotatable bonds is 3. The summed E-state index contributed by atoms with van der Waals surface area (Å²) in [7, 11) is 0. The van der Waals surface area contributed by atoms with E-state index in [4.69, 9.17) is 5.73 Å². The molecule has 0 saturated carbocycles. The summed E-state index contributed by atoms with van der Waals surface area (Å²) < 4.78 is 0. The quantitative estimate of drug-likeness (QED) is 0.863. The molecule has 0 heterocycles. The summed E-state index contributed by atoms with van der Waals surface area (Å²) in [6.07, 6.45) is 0.890. The number of nitrogens with two attached hydrogens (primary N) is 1. The molecule has 0 spiro atoms. The molecule has 2 aromatic rings. The Labute approximate surface area is 110 Å². The Hall–Kier alpha value is -1.60. The molecule has 94 valence electrons. The van der Waals surface area contributed by atoms with Crippen LogP contribution in [0.25, 0.3) is 0 Å². The number of hydrogen-bond donors (Lipinski definition) is 1. The molecule has 0 aliphatic rings. The summed E-state index contributed by atoms with van der Waals surface area (Å²) in [4.78, 5) is 0. The Morgan fingerprint density at radius 3 is 2.28 bits per heavy atom. The van der Waals surface area contributed by atoms with Gasteiger partial charge in [0.1, 0.15) is 0 Å². The zero-order valence-electron chi connectivity index (χ0n) is 11.4. The average Bonchev–Trinajstić information content (AvgIpc) is 2.41. The van der Waals surface area contributed by atoms with Crippen LogP contribution in [-0.2, 0) is 5.54 Å². The van der Waals surface area contributed by atoms with Crippen LogP contribution in [0, 0.1) is 13.8 Å². The lowest BCUT2D eigenvalue weighted by Gasteiger charge is -2.31. The van der Waals surface area contributed by atoms with Crippen molar-refractivity contribution in [2.75, 3.05) is 0 Å². The minimum Gasteiger partial charge on any atom is -0.318 e. The van der Waals surface area contributed by atoms with Gasteiger partial charge in [-0.1, -0.05) is 61.0 Å². The van der Waals surface area contributed by atoms with Crippen LogP contribution in [0.2, 0.25) is 0 Å². The molecule has 0 saturated heterocycles. The van der Waals surface area contributed by atoms with Gasteiger partial charge in [0.05, 0.1) is 5.54 Å². The first-order valence-corrected chi connectivity index (χ1v) is 6.50. The maximum atomic E-state index is 6.71. The standard InChI is InChI=1S/C17H21N/c1-4-17(18,15-8-6-5-7-9-15)16-12-13(2)10-11-14(16)3/h5-12H,4,18H2,1-3H3.